The van der Waals surface area contributed by atoms with Gasteiger partial charge in [-0.25, -0.2) is 9.37 Å². The quantitative estimate of drug-likeness (QED) is 0.894. The third kappa shape index (κ3) is 2.59. The van der Waals surface area contributed by atoms with Crippen LogP contribution >= 0.6 is 11.6 Å². The number of benzene rings is 1. The summed E-state index contributed by atoms with van der Waals surface area (Å²) in [5.74, 6) is 0.333. The van der Waals surface area contributed by atoms with E-state index in [0.717, 1.165) is 5.95 Å². The number of halogens is 2. The van der Waals surface area contributed by atoms with Crippen molar-refractivity contribution in [2.45, 2.75) is 31.7 Å². The van der Waals surface area contributed by atoms with Crippen LogP contribution in [-0.4, -0.2) is 9.55 Å². The van der Waals surface area contributed by atoms with Gasteiger partial charge < -0.3 is 9.88 Å². The molecular formula is C14H15ClFN3. The average Bonchev–Trinajstić information content (AvgIpc) is 3.04. The van der Waals surface area contributed by atoms with Gasteiger partial charge in [-0.1, -0.05) is 24.4 Å². The minimum Gasteiger partial charge on any atom is -0.326 e. The molecule has 0 aliphatic heterocycles. The summed E-state index contributed by atoms with van der Waals surface area (Å²) in [5, 5.41) is 3.28. The molecule has 1 aliphatic rings. The molecule has 3 rings (SSSR count). The van der Waals surface area contributed by atoms with Crippen LogP contribution in [0.15, 0.2) is 30.6 Å². The third-order valence-corrected chi connectivity index (χ3v) is 3.87. The second-order valence-electron chi connectivity index (χ2n) is 4.85. The predicted octanol–water partition coefficient (Wildman–Crippen LogP) is 4.53. The average molecular weight is 280 g/mol. The van der Waals surface area contributed by atoms with Gasteiger partial charge in [0.25, 0.3) is 0 Å². The molecule has 3 nitrogen and oxygen atoms in total. The van der Waals surface area contributed by atoms with E-state index in [2.05, 4.69) is 14.9 Å². The van der Waals surface area contributed by atoms with Crippen LogP contribution in [0.2, 0.25) is 5.02 Å². The summed E-state index contributed by atoms with van der Waals surface area (Å²) < 4.78 is 15.5. The Morgan fingerprint density at radius 3 is 2.84 bits per heavy atom. The molecule has 0 saturated heterocycles. The van der Waals surface area contributed by atoms with Gasteiger partial charge in [-0.15, -0.1) is 0 Å². The molecule has 2 aromatic rings. The Balaban J connectivity index is 1.83. The Morgan fingerprint density at radius 1 is 1.32 bits per heavy atom. The van der Waals surface area contributed by atoms with Crippen LogP contribution in [-0.2, 0) is 0 Å². The Labute approximate surface area is 116 Å². The van der Waals surface area contributed by atoms with E-state index in [1.54, 1.807) is 18.3 Å². The molecule has 100 valence electrons. The summed E-state index contributed by atoms with van der Waals surface area (Å²) in [6, 6.07) is 5.18. The highest BCUT2D eigenvalue weighted by Crippen LogP contribution is 2.32. The molecular weight excluding hydrogens is 265 g/mol. The topological polar surface area (TPSA) is 29.9 Å². The first-order chi connectivity index (χ1) is 9.24. The summed E-state index contributed by atoms with van der Waals surface area (Å²) in [5.41, 5.74) is 0.660. The number of rotatable bonds is 3. The van der Waals surface area contributed by atoms with Crippen LogP contribution in [0.5, 0.6) is 0 Å². The van der Waals surface area contributed by atoms with Gasteiger partial charge in [-0.3, -0.25) is 0 Å². The van der Waals surface area contributed by atoms with Gasteiger partial charge in [-0.05, 0) is 31.0 Å². The van der Waals surface area contributed by atoms with Crippen LogP contribution < -0.4 is 5.32 Å². The summed E-state index contributed by atoms with van der Waals surface area (Å²) in [6.45, 7) is 0. The van der Waals surface area contributed by atoms with Gasteiger partial charge in [0.15, 0.2) is 0 Å². The zero-order valence-corrected chi connectivity index (χ0v) is 11.2. The minimum absolute atomic E-state index is 0.129. The first-order valence-electron chi connectivity index (χ1n) is 6.49. The highest BCUT2D eigenvalue weighted by Gasteiger charge is 2.19. The van der Waals surface area contributed by atoms with Crippen LogP contribution in [0, 0.1) is 5.82 Å². The van der Waals surface area contributed by atoms with E-state index in [1.807, 2.05) is 6.20 Å². The van der Waals surface area contributed by atoms with Gasteiger partial charge in [0.1, 0.15) is 5.82 Å². The highest BCUT2D eigenvalue weighted by molar-refractivity contribution is 6.30. The van der Waals surface area contributed by atoms with Crippen molar-refractivity contribution in [1.29, 1.82) is 0 Å². The maximum atomic E-state index is 13.4. The van der Waals surface area contributed by atoms with Crippen LogP contribution in [0.3, 0.4) is 0 Å². The monoisotopic (exact) mass is 279 g/mol. The van der Waals surface area contributed by atoms with E-state index in [4.69, 9.17) is 11.6 Å². The van der Waals surface area contributed by atoms with E-state index in [0.29, 0.717) is 11.7 Å². The summed E-state index contributed by atoms with van der Waals surface area (Å²) in [4.78, 5) is 4.30. The maximum absolute atomic E-state index is 13.4. The highest BCUT2D eigenvalue weighted by atomic mass is 35.5. The zero-order valence-electron chi connectivity index (χ0n) is 10.4. The lowest BCUT2D eigenvalue weighted by Gasteiger charge is -2.15. The number of anilines is 2. The summed E-state index contributed by atoms with van der Waals surface area (Å²) in [6.07, 6.45) is 8.63. The van der Waals surface area contributed by atoms with Gasteiger partial charge >= 0.3 is 0 Å². The van der Waals surface area contributed by atoms with Crippen molar-refractivity contribution in [3.8, 4) is 0 Å². The number of nitrogens with one attached hydrogen (secondary N) is 1. The number of aromatic nitrogens is 2. The zero-order chi connectivity index (χ0) is 13.2. The molecule has 0 radical (unpaired) electrons. The van der Waals surface area contributed by atoms with Crippen molar-refractivity contribution >= 4 is 23.2 Å². The molecule has 0 amide bonds. The third-order valence-electron chi connectivity index (χ3n) is 3.56. The van der Waals surface area contributed by atoms with Crippen LogP contribution in [0.1, 0.15) is 31.7 Å². The molecule has 0 spiro atoms. The fourth-order valence-electron chi connectivity index (χ4n) is 2.59. The Hall–Kier alpha value is -1.55. The molecule has 0 atom stereocenters. The normalized spacial score (nSPS) is 15.9. The predicted molar refractivity (Wildman–Crippen MR) is 74.4 cm³/mol. The van der Waals surface area contributed by atoms with Gasteiger partial charge in [0.2, 0.25) is 5.95 Å². The molecule has 0 bridgehead atoms. The van der Waals surface area contributed by atoms with Crippen LogP contribution in [0.4, 0.5) is 16.0 Å². The molecule has 19 heavy (non-hydrogen) atoms. The van der Waals surface area contributed by atoms with E-state index < -0.39 is 5.82 Å². The molecule has 1 aromatic carbocycles. The van der Waals surface area contributed by atoms with E-state index >= 15 is 0 Å². The van der Waals surface area contributed by atoms with Crippen molar-refractivity contribution in [3.05, 3.63) is 41.4 Å². The number of nitrogens with zero attached hydrogens (tertiary/aromatic N) is 2. The first-order valence-corrected chi connectivity index (χ1v) is 6.87. The van der Waals surface area contributed by atoms with E-state index in [1.165, 1.54) is 31.7 Å². The fraction of sp³-hybridized carbons (Fsp3) is 0.357. The molecule has 1 fully saturated rings. The Bertz CT molecular complexity index is 576. The SMILES string of the molecule is Fc1cc(Nc2nccn2C2CCCC2)ccc1Cl. The smallest absolute Gasteiger partial charge is 0.207 e. The molecule has 5 heteroatoms. The lowest BCUT2D eigenvalue weighted by Crippen LogP contribution is -2.08. The molecule has 0 unspecified atom stereocenters. The molecule has 1 aromatic heterocycles. The number of hydrogen-bond donors (Lipinski definition) is 1. The van der Waals surface area contributed by atoms with Crippen LogP contribution in [0.25, 0.3) is 0 Å². The lowest BCUT2D eigenvalue weighted by atomic mass is 10.2. The molecule has 1 saturated carbocycles. The minimum atomic E-state index is -0.425. The van der Waals surface area contributed by atoms with Gasteiger partial charge in [-0.2, -0.15) is 0 Å². The molecule has 1 N–H and O–H groups in total. The van der Waals surface area contributed by atoms with E-state index in [-0.39, 0.29) is 5.02 Å². The fourth-order valence-corrected chi connectivity index (χ4v) is 2.71. The Morgan fingerprint density at radius 2 is 2.11 bits per heavy atom. The lowest BCUT2D eigenvalue weighted by molar-refractivity contribution is 0.525. The largest absolute Gasteiger partial charge is 0.326 e. The van der Waals surface area contributed by atoms with Crippen molar-refractivity contribution in [2.24, 2.45) is 0 Å². The second-order valence-corrected chi connectivity index (χ2v) is 5.26. The molecule has 1 heterocycles. The second kappa shape index (κ2) is 5.21. The first kappa shape index (κ1) is 12.5. The summed E-state index contributed by atoms with van der Waals surface area (Å²) >= 11 is 5.67. The van der Waals surface area contributed by atoms with Crippen molar-refractivity contribution in [1.82, 2.24) is 9.55 Å². The summed E-state index contributed by atoms with van der Waals surface area (Å²) in [7, 11) is 0. The molecule has 1 aliphatic carbocycles. The van der Waals surface area contributed by atoms with Crippen molar-refractivity contribution in [2.75, 3.05) is 5.32 Å². The Kier molecular flexibility index (Phi) is 3.42. The van der Waals surface area contributed by atoms with E-state index in [9.17, 15) is 4.39 Å². The number of hydrogen-bond acceptors (Lipinski definition) is 2. The standard InChI is InChI=1S/C14H15ClFN3/c15-12-6-5-10(9-13(12)16)18-14-17-7-8-19(14)11-3-1-2-4-11/h5-9,11H,1-4H2,(H,17,18). The van der Waals surface area contributed by atoms with Crippen molar-refractivity contribution < 1.29 is 4.39 Å². The number of imidazole rings is 1. The van der Waals surface area contributed by atoms with Crippen molar-refractivity contribution in [3.63, 3.8) is 0 Å². The van der Waals surface area contributed by atoms with Gasteiger partial charge in [0, 0.05) is 24.1 Å². The maximum Gasteiger partial charge on any atom is 0.207 e. The van der Waals surface area contributed by atoms with Gasteiger partial charge in [0.05, 0.1) is 5.02 Å².